The van der Waals surface area contributed by atoms with E-state index in [1.807, 2.05) is 45.0 Å². The molecule has 1 aromatic carbocycles. The van der Waals surface area contributed by atoms with Gasteiger partial charge in [0.15, 0.2) is 5.79 Å². The third kappa shape index (κ3) is 3.88. The molecule has 2 rings (SSSR count). The second-order valence-corrected chi connectivity index (χ2v) is 7.34. The van der Waals surface area contributed by atoms with Crippen molar-refractivity contribution in [3.63, 3.8) is 0 Å². The molecule has 0 amide bonds. The summed E-state index contributed by atoms with van der Waals surface area (Å²) in [6.07, 6.45) is -0.194. The maximum absolute atomic E-state index is 12.3. The van der Waals surface area contributed by atoms with Crippen molar-refractivity contribution in [2.24, 2.45) is 0 Å². The van der Waals surface area contributed by atoms with Gasteiger partial charge in [0.2, 0.25) is 0 Å². The first-order valence-electron chi connectivity index (χ1n) is 6.28. The van der Waals surface area contributed by atoms with E-state index in [1.54, 1.807) is 0 Å². The molecule has 0 saturated carbocycles. The quantitative estimate of drug-likeness (QED) is 0.786. The van der Waals surface area contributed by atoms with Crippen LogP contribution in [-0.2, 0) is 20.3 Å². The zero-order chi connectivity index (χ0) is 14.0. The minimum Gasteiger partial charge on any atom is -0.344 e. The third-order valence-corrected chi connectivity index (χ3v) is 5.10. The number of benzene rings is 1. The van der Waals surface area contributed by atoms with Crippen molar-refractivity contribution in [2.75, 3.05) is 11.1 Å². The SMILES string of the molecule is Cc1ccc([S@@](=O)C[C@H]2OC(C)(C)O[C@@H]2CBr)cc1. The average molecular weight is 347 g/mol. The molecule has 3 nitrogen and oxygen atoms in total. The van der Waals surface area contributed by atoms with Gasteiger partial charge in [-0.15, -0.1) is 0 Å². The smallest absolute Gasteiger partial charge is 0.163 e. The Labute approximate surface area is 125 Å². The molecule has 19 heavy (non-hydrogen) atoms. The maximum atomic E-state index is 12.3. The molecule has 1 aromatic rings. The van der Waals surface area contributed by atoms with E-state index in [-0.39, 0.29) is 12.2 Å². The third-order valence-electron chi connectivity index (χ3n) is 3.04. The maximum Gasteiger partial charge on any atom is 0.163 e. The van der Waals surface area contributed by atoms with Crippen LogP contribution in [0.4, 0.5) is 0 Å². The minimum absolute atomic E-state index is 0.0515. The molecule has 5 heteroatoms. The van der Waals surface area contributed by atoms with Gasteiger partial charge in [-0.05, 0) is 32.9 Å². The minimum atomic E-state index is -1.06. The molecule has 0 aromatic heterocycles. The summed E-state index contributed by atoms with van der Waals surface area (Å²) in [6.45, 7) is 5.79. The van der Waals surface area contributed by atoms with Gasteiger partial charge in [0, 0.05) is 10.2 Å². The van der Waals surface area contributed by atoms with Gasteiger partial charge in [0.1, 0.15) is 0 Å². The fourth-order valence-corrected chi connectivity index (χ4v) is 3.88. The highest BCUT2D eigenvalue weighted by Crippen LogP contribution is 2.30. The molecule has 1 aliphatic heterocycles. The number of hydrogen-bond donors (Lipinski definition) is 0. The van der Waals surface area contributed by atoms with Crippen LogP contribution in [0.2, 0.25) is 0 Å². The van der Waals surface area contributed by atoms with E-state index in [0.29, 0.717) is 11.1 Å². The van der Waals surface area contributed by atoms with Crippen LogP contribution < -0.4 is 0 Å². The van der Waals surface area contributed by atoms with Crippen molar-refractivity contribution in [1.82, 2.24) is 0 Å². The molecule has 0 radical (unpaired) electrons. The number of aryl methyl sites for hydroxylation is 1. The van der Waals surface area contributed by atoms with E-state index in [1.165, 1.54) is 5.56 Å². The summed E-state index contributed by atoms with van der Waals surface area (Å²) in [7, 11) is -1.06. The average Bonchev–Trinajstić information content (AvgIpc) is 2.64. The summed E-state index contributed by atoms with van der Waals surface area (Å²) >= 11 is 3.42. The molecule has 1 aliphatic rings. The number of rotatable bonds is 4. The van der Waals surface area contributed by atoms with Gasteiger partial charge in [-0.3, -0.25) is 4.21 Å². The molecule has 106 valence electrons. The Hall–Kier alpha value is -0.230. The van der Waals surface area contributed by atoms with E-state index in [4.69, 9.17) is 9.47 Å². The standard InChI is InChI=1S/C14H19BrO3S/c1-10-4-6-11(7-5-10)19(16)9-13-12(8-15)17-14(2,3)18-13/h4-7,12-13H,8-9H2,1-3H3/t12-,13-,19+/m1/s1. The highest BCUT2D eigenvalue weighted by molar-refractivity contribution is 9.09. The zero-order valence-corrected chi connectivity index (χ0v) is 13.8. The van der Waals surface area contributed by atoms with Crippen molar-refractivity contribution in [3.05, 3.63) is 29.8 Å². The molecule has 1 saturated heterocycles. The second-order valence-electron chi connectivity index (χ2n) is 5.19. The lowest BCUT2D eigenvalue weighted by Crippen LogP contribution is -2.29. The molecule has 0 unspecified atom stereocenters. The summed E-state index contributed by atoms with van der Waals surface area (Å²) in [4.78, 5) is 0.840. The van der Waals surface area contributed by atoms with Crippen LogP contribution in [0.5, 0.6) is 0 Å². The largest absolute Gasteiger partial charge is 0.344 e. The van der Waals surface area contributed by atoms with Crippen molar-refractivity contribution < 1.29 is 13.7 Å². The van der Waals surface area contributed by atoms with Crippen LogP contribution in [0, 0.1) is 6.92 Å². The van der Waals surface area contributed by atoms with Gasteiger partial charge < -0.3 is 9.47 Å². The van der Waals surface area contributed by atoms with Gasteiger partial charge in [-0.25, -0.2) is 0 Å². The van der Waals surface area contributed by atoms with Gasteiger partial charge in [0.05, 0.1) is 28.8 Å². The van der Waals surface area contributed by atoms with E-state index in [9.17, 15) is 4.21 Å². The van der Waals surface area contributed by atoms with Crippen LogP contribution in [-0.4, -0.2) is 33.3 Å². The molecule has 1 heterocycles. The number of hydrogen-bond acceptors (Lipinski definition) is 3. The van der Waals surface area contributed by atoms with Crippen molar-refractivity contribution in [2.45, 2.75) is 43.7 Å². The molecule has 0 spiro atoms. The van der Waals surface area contributed by atoms with Crippen LogP contribution in [0.3, 0.4) is 0 Å². The first-order chi connectivity index (χ1) is 8.91. The topological polar surface area (TPSA) is 35.5 Å². The fourth-order valence-electron chi connectivity index (χ4n) is 2.12. The van der Waals surface area contributed by atoms with E-state index < -0.39 is 16.6 Å². The van der Waals surface area contributed by atoms with Crippen LogP contribution in [0.1, 0.15) is 19.4 Å². The normalized spacial score (nSPS) is 27.4. The summed E-state index contributed by atoms with van der Waals surface area (Å²) in [5.74, 6) is -0.136. The zero-order valence-electron chi connectivity index (χ0n) is 11.4. The molecular weight excluding hydrogens is 328 g/mol. The number of ether oxygens (including phenoxy) is 2. The first kappa shape index (κ1) is 15.2. The van der Waals surface area contributed by atoms with Gasteiger partial charge in [-0.1, -0.05) is 33.6 Å². The van der Waals surface area contributed by atoms with Crippen LogP contribution >= 0.6 is 15.9 Å². The predicted molar refractivity (Wildman–Crippen MR) is 80.1 cm³/mol. The van der Waals surface area contributed by atoms with Crippen LogP contribution in [0.15, 0.2) is 29.2 Å². The molecular formula is C14H19BrO3S. The number of halogens is 1. The Kier molecular flexibility index (Phi) is 4.82. The molecule has 3 atom stereocenters. The van der Waals surface area contributed by atoms with Gasteiger partial charge in [-0.2, -0.15) is 0 Å². The van der Waals surface area contributed by atoms with E-state index >= 15 is 0 Å². The second kappa shape index (κ2) is 6.04. The van der Waals surface area contributed by atoms with Crippen LogP contribution in [0.25, 0.3) is 0 Å². The Morgan fingerprint density at radius 2 is 1.79 bits per heavy atom. The Bertz CT molecular complexity index is 458. The van der Waals surface area contributed by atoms with Crippen molar-refractivity contribution in [1.29, 1.82) is 0 Å². The van der Waals surface area contributed by atoms with Crippen molar-refractivity contribution >= 4 is 26.7 Å². The number of alkyl halides is 1. The summed E-state index contributed by atoms with van der Waals surface area (Å²) in [5.41, 5.74) is 1.17. The fraction of sp³-hybridized carbons (Fsp3) is 0.571. The predicted octanol–water partition coefficient (Wildman–Crippen LogP) is 3.02. The van der Waals surface area contributed by atoms with E-state index in [0.717, 1.165) is 4.90 Å². The molecule has 0 aliphatic carbocycles. The van der Waals surface area contributed by atoms with Gasteiger partial charge in [0.25, 0.3) is 0 Å². The van der Waals surface area contributed by atoms with Gasteiger partial charge >= 0.3 is 0 Å². The lowest BCUT2D eigenvalue weighted by molar-refractivity contribution is -0.142. The highest BCUT2D eigenvalue weighted by atomic mass is 79.9. The lowest BCUT2D eigenvalue weighted by Gasteiger charge is -2.16. The summed E-state index contributed by atoms with van der Waals surface area (Å²) in [5, 5.41) is 0.687. The lowest BCUT2D eigenvalue weighted by atomic mass is 10.2. The summed E-state index contributed by atoms with van der Waals surface area (Å²) < 4.78 is 23.9. The molecule has 1 fully saturated rings. The Balaban J connectivity index is 2.04. The van der Waals surface area contributed by atoms with E-state index in [2.05, 4.69) is 15.9 Å². The highest BCUT2D eigenvalue weighted by Gasteiger charge is 2.41. The molecule has 0 N–H and O–H groups in total. The Morgan fingerprint density at radius 3 is 2.37 bits per heavy atom. The Morgan fingerprint density at radius 1 is 1.21 bits per heavy atom. The molecule has 0 bridgehead atoms. The monoisotopic (exact) mass is 346 g/mol. The summed E-state index contributed by atoms with van der Waals surface area (Å²) in [6, 6.07) is 7.78. The first-order valence-corrected chi connectivity index (χ1v) is 8.72. The van der Waals surface area contributed by atoms with Crippen molar-refractivity contribution in [3.8, 4) is 0 Å².